The van der Waals surface area contributed by atoms with Crippen molar-refractivity contribution < 1.29 is 28.8 Å². The molecule has 1 atom stereocenters. The standard InChI is InChI=1S/C23H22N4O7/c28-19(29)11-13-26(12-10-15-4-2-1-3-5-15)21(30)18-14-27(23(32)33-18)17-8-6-16(7-9-17)20-24-22(31)34-25-20/h1-9,18H,10-14H2,(H,28,29)(H,24,25,31). The van der Waals surface area contributed by atoms with Gasteiger partial charge in [0.2, 0.25) is 0 Å². The lowest BCUT2D eigenvalue weighted by molar-refractivity contribution is -0.141. The van der Waals surface area contributed by atoms with Gasteiger partial charge < -0.3 is 14.7 Å². The lowest BCUT2D eigenvalue weighted by Gasteiger charge is -2.24. The third-order valence-corrected chi connectivity index (χ3v) is 5.40. The number of amides is 2. The Hall–Kier alpha value is -4.41. The molecule has 0 saturated carbocycles. The van der Waals surface area contributed by atoms with Crippen LogP contribution in [0.15, 0.2) is 63.9 Å². The molecular weight excluding hydrogens is 444 g/mol. The van der Waals surface area contributed by atoms with Crippen LogP contribution in [0, 0.1) is 0 Å². The molecule has 1 saturated heterocycles. The molecule has 1 aromatic heterocycles. The van der Waals surface area contributed by atoms with E-state index < -0.39 is 29.8 Å². The van der Waals surface area contributed by atoms with Crippen LogP contribution in [0.1, 0.15) is 12.0 Å². The van der Waals surface area contributed by atoms with Gasteiger partial charge in [-0.2, -0.15) is 0 Å². The number of nitrogens with one attached hydrogen (secondary N) is 1. The summed E-state index contributed by atoms with van der Waals surface area (Å²) in [5.41, 5.74) is 2.08. The second kappa shape index (κ2) is 10.0. The monoisotopic (exact) mass is 466 g/mol. The first-order valence-corrected chi connectivity index (χ1v) is 10.6. The van der Waals surface area contributed by atoms with Gasteiger partial charge in [0.25, 0.3) is 5.91 Å². The van der Waals surface area contributed by atoms with Crippen LogP contribution >= 0.6 is 0 Å². The van der Waals surface area contributed by atoms with E-state index >= 15 is 0 Å². The number of carboxylic acids is 1. The van der Waals surface area contributed by atoms with Crippen LogP contribution < -0.4 is 10.7 Å². The molecule has 0 aliphatic carbocycles. The summed E-state index contributed by atoms with van der Waals surface area (Å²) in [5, 5.41) is 12.7. The quantitative estimate of drug-likeness (QED) is 0.486. The number of aromatic nitrogens is 2. The molecule has 11 heteroatoms. The molecule has 0 bridgehead atoms. The molecule has 1 aliphatic heterocycles. The Labute approximate surface area is 193 Å². The van der Waals surface area contributed by atoms with E-state index in [1.807, 2.05) is 30.3 Å². The van der Waals surface area contributed by atoms with Gasteiger partial charge >= 0.3 is 17.8 Å². The lowest BCUT2D eigenvalue weighted by atomic mass is 10.1. The highest BCUT2D eigenvalue weighted by Gasteiger charge is 2.39. The van der Waals surface area contributed by atoms with Crippen molar-refractivity contribution in [2.45, 2.75) is 18.9 Å². The smallest absolute Gasteiger partial charge is 0.439 e. The first-order chi connectivity index (χ1) is 16.4. The number of ether oxygens (including phenoxy) is 1. The molecule has 2 heterocycles. The van der Waals surface area contributed by atoms with Gasteiger partial charge in [-0.25, -0.2) is 9.59 Å². The highest BCUT2D eigenvalue weighted by atomic mass is 16.6. The third kappa shape index (κ3) is 5.31. The Balaban J connectivity index is 1.44. The van der Waals surface area contributed by atoms with Crippen molar-refractivity contribution in [2.24, 2.45) is 0 Å². The fourth-order valence-electron chi connectivity index (χ4n) is 3.63. The van der Waals surface area contributed by atoms with Crippen LogP contribution in [0.5, 0.6) is 0 Å². The number of benzene rings is 2. The number of H-pyrrole nitrogens is 1. The summed E-state index contributed by atoms with van der Waals surface area (Å²) in [6.07, 6.45) is -1.40. The molecular formula is C23H22N4O7. The number of rotatable bonds is 9. The van der Waals surface area contributed by atoms with Gasteiger partial charge in [-0.1, -0.05) is 35.5 Å². The molecule has 1 fully saturated rings. The Morgan fingerprint density at radius 2 is 1.82 bits per heavy atom. The van der Waals surface area contributed by atoms with E-state index in [-0.39, 0.29) is 25.3 Å². The molecule has 0 radical (unpaired) electrons. The molecule has 1 aliphatic rings. The predicted molar refractivity (Wildman–Crippen MR) is 119 cm³/mol. The van der Waals surface area contributed by atoms with Crippen molar-refractivity contribution in [1.82, 2.24) is 15.0 Å². The van der Waals surface area contributed by atoms with Crippen LogP contribution in [0.3, 0.4) is 0 Å². The number of hydrogen-bond acceptors (Lipinski definition) is 7. The topological polar surface area (TPSA) is 146 Å². The van der Waals surface area contributed by atoms with Crippen LogP contribution in [0.4, 0.5) is 10.5 Å². The van der Waals surface area contributed by atoms with E-state index in [9.17, 15) is 19.2 Å². The summed E-state index contributed by atoms with van der Waals surface area (Å²) < 4.78 is 9.81. The van der Waals surface area contributed by atoms with Gasteiger partial charge in [-0.15, -0.1) is 0 Å². The van der Waals surface area contributed by atoms with E-state index in [4.69, 9.17) is 9.84 Å². The summed E-state index contributed by atoms with van der Waals surface area (Å²) in [5.74, 6) is -1.88. The van der Waals surface area contributed by atoms with Gasteiger partial charge in [0.15, 0.2) is 11.9 Å². The number of hydrogen-bond donors (Lipinski definition) is 2. The van der Waals surface area contributed by atoms with Crippen molar-refractivity contribution in [3.63, 3.8) is 0 Å². The zero-order valence-corrected chi connectivity index (χ0v) is 18.0. The SMILES string of the molecule is O=C(O)CCN(CCc1ccccc1)C(=O)C1CN(c2ccc(-c3noc(=O)[nH]3)cc2)C(=O)O1. The van der Waals surface area contributed by atoms with Gasteiger partial charge in [0.1, 0.15) is 0 Å². The van der Waals surface area contributed by atoms with Crippen molar-refractivity contribution in [1.29, 1.82) is 0 Å². The highest BCUT2D eigenvalue weighted by Crippen LogP contribution is 2.25. The minimum atomic E-state index is -1.05. The summed E-state index contributed by atoms with van der Waals surface area (Å²) in [7, 11) is 0. The Morgan fingerprint density at radius 3 is 2.47 bits per heavy atom. The first kappa shape index (κ1) is 22.8. The zero-order valence-electron chi connectivity index (χ0n) is 18.0. The summed E-state index contributed by atoms with van der Waals surface area (Å²) in [4.78, 5) is 53.0. The number of carbonyl (C=O) groups is 3. The molecule has 0 spiro atoms. The Morgan fingerprint density at radius 1 is 1.09 bits per heavy atom. The minimum Gasteiger partial charge on any atom is -0.481 e. The van der Waals surface area contributed by atoms with Gasteiger partial charge in [-0.05, 0) is 36.2 Å². The van der Waals surface area contributed by atoms with Gasteiger partial charge in [0, 0.05) is 24.3 Å². The zero-order chi connectivity index (χ0) is 24.1. The fraction of sp³-hybridized carbons (Fsp3) is 0.261. The molecule has 34 heavy (non-hydrogen) atoms. The Kier molecular flexibility index (Phi) is 6.72. The lowest BCUT2D eigenvalue weighted by Crippen LogP contribution is -2.43. The minimum absolute atomic E-state index is 0.00723. The summed E-state index contributed by atoms with van der Waals surface area (Å²) >= 11 is 0. The number of aromatic amines is 1. The number of carbonyl (C=O) groups excluding carboxylic acids is 2. The maximum Gasteiger partial charge on any atom is 0.439 e. The largest absolute Gasteiger partial charge is 0.481 e. The maximum absolute atomic E-state index is 13.1. The van der Waals surface area contributed by atoms with Gasteiger partial charge in [0.05, 0.1) is 13.0 Å². The van der Waals surface area contributed by atoms with E-state index in [1.54, 1.807) is 24.3 Å². The van der Waals surface area contributed by atoms with Crippen LogP contribution in [-0.4, -0.2) is 63.9 Å². The number of cyclic esters (lactones) is 1. The normalized spacial score (nSPS) is 15.2. The van der Waals surface area contributed by atoms with Crippen molar-refractivity contribution in [3.8, 4) is 11.4 Å². The first-order valence-electron chi connectivity index (χ1n) is 10.6. The van der Waals surface area contributed by atoms with Crippen LogP contribution in [0.25, 0.3) is 11.4 Å². The predicted octanol–water partition coefficient (Wildman–Crippen LogP) is 1.90. The van der Waals surface area contributed by atoms with Crippen LogP contribution in [-0.2, 0) is 20.7 Å². The van der Waals surface area contributed by atoms with Crippen molar-refractivity contribution >= 4 is 23.7 Å². The molecule has 2 N–H and O–H groups in total. The average molecular weight is 466 g/mol. The molecule has 176 valence electrons. The number of nitrogens with zero attached hydrogens (tertiary/aromatic N) is 3. The molecule has 4 rings (SSSR count). The molecule has 2 amide bonds. The van der Waals surface area contributed by atoms with Crippen molar-refractivity contribution in [3.05, 3.63) is 70.7 Å². The number of aliphatic carboxylic acids is 1. The van der Waals surface area contributed by atoms with Crippen molar-refractivity contribution in [2.75, 3.05) is 24.5 Å². The second-order valence-electron chi connectivity index (χ2n) is 7.68. The maximum atomic E-state index is 13.1. The van der Waals surface area contributed by atoms with Gasteiger partial charge in [-0.3, -0.25) is 24.0 Å². The second-order valence-corrected chi connectivity index (χ2v) is 7.68. The van der Waals surface area contributed by atoms with Crippen LogP contribution in [0.2, 0.25) is 0 Å². The molecule has 1 unspecified atom stereocenters. The van der Waals surface area contributed by atoms with E-state index in [0.717, 1.165) is 5.56 Å². The summed E-state index contributed by atoms with van der Waals surface area (Å²) in [6.45, 7) is 0.307. The van der Waals surface area contributed by atoms with E-state index in [0.29, 0.717) is 24.2 Å². The Bertz CT molecular complexity index is 1220. The van der Waals surface area contributed by atoms with E-state index in [1.165, 1.54) is 9.80 Å². The summed E-state index contributed by atoms with van der Waals surface area (Å²) in [6, 6.07) is 16.1. The number of carboxylic acid groups (broad SMARTS) is 1. The molecule has 3 aromatic rings. The highest BCUT2D eigenvalue weighted by molar-refractivity contribution is 5.95. The molecule has 11 nitrogen and oxygen atoms in total. The average Bonchev–Trinajstić information content (AvgIpc) is 3.45. The fourth-order valence-corrected chi connectivity index (χ4v) is 3.63. The number of anilines is 1. The van der Waals surface area contributed by atoms with E-state index in [2.05, 4.69) is 14.7 Å². The molecule has 2 aromatic carbocycles. The third-order valence-electron chi connectivity index (χ3n) is 5.40.